The molecule has 0 aliphatic carbocycles. The molecule has 6 heteroatoms. The highest BCUT2D eigenvalue weighted by molar-refractivity contribution is 5.89. The lowest BCUT2D eigenvalue weighted by Crippen LogP contribution is -2.25. The van der Waals surface area contributed by atoms with Gasteiger partial charge in [-0.25, -0.2) is 4.98 Å². The van der Waals surface area contributed by atoms with Gasteiger partial charge in [0.1, 0.15) is 5.82 Å². The molecule has 0 spiro atoms. The van der Waals surface area contributed by atoms with Crippen LogP contribution in [0.25, 0.3) is 0 Å². The van der Waals surface area contributed by atoms with E-state index in [2.05, 4.69) is 51.7 Å². The van der Waals surface area contributed by atoms with Crippen molar-refractivity contribution in [1.29, 1.82) is 0 Å². The Morgan fingerprint density at radius 3 is 2.68 bits per heavy atom. The molecule has 0 fully saturated rings. The largest absolute Gasteiger partial charge is 0.326 e. The van der Waals surface area contributed by atoms with E-state index in [9.17, 15) is 4.79 Å². The highest BCUT2D eigenvalue weighted by atomic mass is 16.1. The molecular weight excluding hydrogens is 350 g/mol. The van der Waals surface area contributed by atoms with Gasteiger partial charge in [-0.2, -0.15) is 4.98 Å². The molecule has 1 unspecified atom stereocenters. The second-order valence-corrected chi connectivity index (χ2v) is 7.13. The lowest BCUT2D eigenvalue weighted by atomic mass is 10.1. The number of fused-ring (bicyclic) bond motifs is 1. The van der Waals surface area contributed by atoms with Crippen LogP contribution in [-0.2, 0) is 11.2 Å². The van der Waals surface area contributed by atoms with Crippen molar-refractivity contribution in [3.8, 4) is 0 Å². The van der Waals surface area contributed by atoms with Gasteiger partial charge in [0.15, 0.2) is 0 Å². The van der Waals surface area contributed by atoms with Gasteiger partial charge < -0.3 is 15.5 Å². The molecule has 0 bridgehead atoms. The third kappa shape index (κ3) is 3.67. The van der Waals surface area contributed by atoms with Gasteiger partial charge in [-0.3, -0.25) is 4.79 Å². The third-order valence-electron chi connectivity index (χ3n) is 4.73. The number of aromatic nitrogens is 2. The number of nitrogens with zero attached hydrogens (tertiary/aromatic N) is 3. The maximum Gasteiger partial charge on any atom is 0.229 e. The monoisotopic (exact) mass is 373 g/mol. The summed E-state index contributed by atoms with van der Waals surface area (Å²) in [5.41, 5.74) is 4.97. The maximum absolute atomic E-state index is 11.3. The molecule has 2 aromatic carbocycles. The summed E-state index contributed by atoms with van der Waals surface area (Å²) < 4.78 is 0. The van der Waals surface area contributed by atoms with E-state index in [4.69, 9.17) is 4.98 Å². The molecule has 0 radical (unpaired) electrons. The molecule has 2 N–H and O–H groups in total. The molecule has 1 amide bonds. The number of amides is 1. The number of benzene rings is 2. The Balaban J connectivity index is 1.64. The Bertz CT molecular complexity index is 1030. The first-order valence-electron chi connectivity index (χ1n) is 9.37. The lowest BCUT2D eigenvalue weighted by molar-refractivity contribution is -0.114. The van der Waals surface area contributed by atoms with Crippen LogP contribution >= 0.6 is 0 Å². The molecule has 6 nitrogen and oxygen atoms in total. The van der Waals surface area contributed by atoms with Crippen molar-refractivity contribution in [2.45, 2.75) is 33.2 Å². The summed E-state index contributed by atoms with van der Waals surface area (Å²) in [6, 6.07) is 18.3. The summed E-state index contributed by atoms with van der Waals surface area (Å²) in [6.07, 6.45) is 1.00. The van der Waals surface area contributed by atoms with Crippen LogP contribution in [0.3, 0.4) is 0 Å². The molecule has 3 aromatic rings. The van der Waals surface area contributed by atoms with Crippen LogP contribution in [0.4, 0.5) is 28.8 Å². The van der Waals surface area contributed by atoms with Gasteiger partial charge in [0.25, 0.3) is 0 Å². The molecule has 1 atom stereocenters. The Kier molecular flexibility index (Phi) is 4.69. The summed E-state index contributed by atoms with van der Waals surface area (Å²) in [5.74, 6) is 1.31. The zero-order valence-corrected chi connectivity index (χ0v) is 16.2. The number of aryl methyl sites for hydroxylation is 1. The Labute approximate surface area is 164 Å². The average molecular weight is 373 g/mol. The minimum atomic E-state index is -0.104. The first-order valence-corrected chi connectivity index (χ1v) is 9.37. The minimum Gasteiger partial charge on any atom is -0.326 e. The molecule has 0 saturated heterocycles. The fourth-order valence-electron chi connectivity index (χ4n) is 3.65. The predicted octanol–water partition coefficient (Wildman–Crippen LogP) is 4.57. The topological polar surface area (TPSA) is 70.2 Å². The standard InChI is InChI=1S/C22H23N5O/c1-14-11-21(27-15(2)12-17-7-4-5-10-20(17)27)26-22(23-14)25-19-9-6-8-18(13-19)24-16(3)28/h4-11,13,15H,12H2,1-3H3,(H,24,28)(H,23,25,26). The van der Waals surface area contributed by atoms with Crippen molar-refractivity contribution in [1.82, 2.24) is 9.97 Å². The quantitative estimate of drug-likeness (QED) is 0.701. The summed E-state index contributed by atoms with van der Waals surface area (Å²) in [5, 5.41) is 6.05. The predicted molar refractivity (Wildman–Crippen MR) is 113 cm³/mol. The second kappa shape index (κ2) is 7.31. The van der Waals surface area contributed by atoms with Crippen LogP contribution in [0.2, 0.25) is 0 Å². The Morgan fingerprint density at radius 2 is 1.86 bits per heavy atom. The van der Waals surface area contributed by atoms with Gasteiger partial charge in [0.05, 0.1) is 0 Å². The van der Waals surface area contributed by atoms with Crippen molar-refractivity contribution in [3.05, 3.63) is 65.9 Å². The second-order valence-electron chi connectivity index (χ2n) is 7.13. The molecule has 2 heterocycles. The summed E-state index contributed by atoms with van der Waals surface area (Å²) >= 11 is 0. The van der Waals surface area contributed by atoms with E-state index in [1.165, 1.54) is 18.2 Å². The first kappa shape index (κ1) is 18.0. The van der Waals surface area contributed by atoms with Crippen LogP contribution in [0.15, 0.2) is 54.6 Å². The zero-order valence-electron chi connectivity index (χ0n) is 16.2. The number of carbonyl (C=O) groups excluding carboxylic acids is 1. The fourth-order valence-corrected chi connectivity index (χ4v) is 3.65. The number of anilines is 5. The van der Waals surface area contributed by atoms with E-state index >= 15 is 0 Å². The molecule has 4 rings (SSSR count). The van der Waals surface area contributed by atoms with Gasteiger partial charge in [-0.05, 0) is 50.1 Å². The highest BCUT2D eigenvalue weighted by Crippen LogP contribution is 2.37. The number of hydrogen-bond donors (Lipinski definition) is 2. The third-order valence-corrected chi connectivity index (χ3v) is 4.73. The molecule has 1 aliphatic rings. The van der Waals surface area contributed by atoms with E-state index in [0.717, 1.165) is 29.3 Å². The van der Waals surface area contributed by atoms with Crippen molar-refractivity contribution >= 4 is 34.7 Å². The molecule has 1 aliphatic heterocycles. The van der Waals surface area contributed by atoms with E-state index < -0.39 is 0 Å². The Morgan fingerprint density at radius 1 is 1.07 bits per heavy atom. The van der Waals surface area contributed by atoms with Crippen molar-refractivity contribution in [3.63, 3.8) is 0 Å². The van der Waals surface area contributed by atoms with E-state index in [1.807, 2.05) is 37.3 Å². The number of carbonyl (C=O) groups is 1. The molecule has 28 heavy (non-hydrogen) atoms. The number of nitrogens with one attached hydrogen (secondary N) is 2. The lowest BCUT2D eigenvalue weighted by Gasteiger charge is -2.24. The van der Waals surface area contributed by atoms with Crippen molar-refractivity contribution in [2.24, 2.45) is 0 Å². The van der Waals surface area contributed by atoms with Crippen LogP contribution in [0.5, 0.6) is 0 Å². The highest BCUT2D eigenvalue weighted by Gasteiger charge is 2.28. The summed E-state index contributed by atoms with van der Waals surface area (Å²) in [7, 11) is 0. The van der Waals surface area contributed by atoms with Gasteiger partial charge in [0.2, 0.25) is 11.9 Å². The van der Waals surface area contributed by atoms with E-state index in [0.29, 0.717) is 12.0 Å². The van der Waals surface area contributed by atoms with Gasteiger partial charge in [-0.1, -0.05) is 24.3 Å². The number of hydrogen-bond acceptors (Lipinski definition) is 5. The first-order chi connectivity index (χ1) is 13.5. The number of rotatable bonds is 4. The zero-order chi connectivity index (χ0) is 19.7. The van der Waals surface area contributed by atoms with Crippen LogP contribution in [0, 0.1) is 6.92 Å². The van der Waals surface area contributed by atoms with Crippen molar-refractivity contribution in [2.75, 3.05) is 15.5 Å². The van der Waals surface area contributed by atoms with Gasteiger partial charge in [0, 0.05) is 41.8 Å². The maximum atomic E-state index is 11.3. The minimum absolute atomic E-state index is 0.104. The van der Waals surface area contributed by atoms with E-state index in [-0.39, 0.29) is 5.91 Å². The average Bonchev–Trinajstić information content (AvgIpc) is 2.96. The number of para-hydroxylation sites is 1. The Hall–Kier alpha value is -3.41. The van der Waals surface area contributed by atoms with Crippen LogP contribution < -0.4 is 15.5 Å². The van der Waals surface area contributed by atoms with Gasteiger partial charge >= 0.3 is 0 Å². The van der Waals surface area contributed by atoms with E-state index in [1.54, 1.807) is 0 Å². The van der Waals surface area contributed by atoms with Crippen molar-refractivity contribution < 1.29 is 4.79 Å². The van der Waals surface area contributed by atoms with Crippen LogP contribution in [-0.4, -0.2) is 21.9 Å². The molecule has 0 saturated carbocycles. The summed E-state index contributed by atoms with van der Waals surface area (Å²) in [4.78, 5) is 22.9. The van der Waals surface area contributed by atoms with Gasteiger partial charge in [-0.15, -0.1) is 0 Å². The summed E-state index contributed by atoms with van der Waals surface area (Å²) in [6.45, 7) is 5.67. The molecular formula is C22H23N5O. The smallest absolute Gasteiger partial charge is 0.229 e. The molecule has 1 aromatic heterocycles. The normalized spacial score (nSPS) is 15.2. The SMILES string of the molecule is CC(=O)Nc1cccc(Nc2nc(C)cc(N3c4ccccc4CC3C)n2)c1. The fraction of sp³-hybridized carbons (Fsp3) is 0.227. The molecule has 142 valence electrons. The van der Waals surface area contributed by atoms with Crippen LogP contribution in [0.1, 0.15) is 25.1 Å².